The van der Waals surface area contributed by atoms with Gasteiger partial charge in [0.25, 0.3) is 0 Å². The molecule has 0 saturated carbocycles. The Morgan fingerprint density at radius 2 is 2.33 bits per heavy atom. The molecule has 0 aromatic carbocycles. The topological polar surface area (TPSA) is 55.2 Å². The second kappa shape index (κ2) is 4.66. The molecule has 0 radical (unpaired) electrons. The summed E-state index contributed by atoms with van der Waals surface area (Å²) in [6.07, 6.45) is 3.98. The molecule has 0 saturated heterocycles. The van der Waals surface area contributed by atoms with Gasteiger partial charge in [-0.05, 0) is 6.42 Å². The van der Waals surface area contributed by atoms with E-state index >= 15 is 0 Å². The first kappa shape index (κ1) is 8.93. The molecule has 0 amide bonds. The molecule has 0 fully saturated rings. The predicted octanol–water partition coefficient (Wildman–Crippen LogP) is 0.758. The van der Waals surface area contributed by atoms with Crippen molar-refractivity contribution in [3.8, 4) is 5.88 Å². The summed E-state index contributed by atoms with van der Waals surface area (Å²) in [5.41, 5.74) is 0.531. The van der Waals surface area contributed by atoms with Crippen LogP contribution in [0.3, 0.4) is 0 Å². The van der Waals surface area contributed by atoms with E-state index in [1.54, 1.807) is 0 Å². The van der Waals surface area contributed by atoms with Crippen molar-refractivity contribution in [1.82, 2.24) is 9.97 Å². The summed E-state index contributed by atoms with van der Waals surface area (Å²) in [6, 6.07) is 0. The molecule has 66 valence electrons. The number of hydrogen-bond acceptors (Lipinski definition) is 4. The molecule has 0 aliphatic carbocycles. The first-order valence-corrected chi connectivity index (χ1v) is 3.91. The smallest absolute Gasteiger partial charge is 0.232 e. The highest BCUT2D eigenvalue weighted by atomic mass is 16.5. The molecule has 1 heterocycles. The van der Waals surface area contributed by atoms with E-state index in [0.29, 0.717) is 18.2 Å². The number of rotatable bonds is 4. The zero-order valence-corrected chi connectivity index (χ0v) is 7.03. The van der Waals surface area contributed by atoms with Gasteiger partial charge in [-0.1, -0.05) is 6.92 Å². The first-order valence-electron chi connectivity index (χ1n) is 3.91. The van der Waals surface area contributed by atoms with Crippen molar-refractivity contribution in [2.45, 2.75) is 20.0 Å². The molecule has 0 aliphatic heterocycles. The molecule has 0 aliphatic rings. The number of hydrogen-bond donors (Lipinski definition) is 1. The lowest BCUT2D eigenvalue weighted by atomic mass is 10.5. The van der Waals surface area contributed by atoms with E-state index in [1.165, 1.54) is 12.4 Å². The molecule has 0 unspecified atom stereocenters. The minimum atomic E-state index is -0.101. The van der Waals surface area contributed by atoms with Gasteiger partial charge in [0.15, 0.2) is 0 Å². The fourth-order valence-corrected chi connectivity index (χ4v) is 0.739. The largest absolute Gasteiger partial charge is 0.477 e. The average Bonchev–Trinajstić information content (AvgIpc) is 2.15. The molecule has 4 nitrogen and oxygen atoms in total. The maximum absolute atomic E-state index is 8.73. The van der Waals surface area contributed by atoms with Gasteiger partial charge in [0.1, 0.15) is 0 Å². The maximum Gasteiger partial charge on any atom is 0.232 e. The van der Waals surface area contributed by atoms with Crippen molar-refractivity contribution < 1.29 is 9.84 Å². The zero-order chi connectivity index (χ0) is 8.81. The quantitative estimate of drug-likeness (QED) is 0.721. The van der Waals surface area contributed by atoms with Crippen molar-refractivity contribution in [2.24, 2.45) is 0 Å². The summed E-state index contributed by atoms with van der Waals surface area (Å²) in [4.78, 5) is 7.85. The molecule has 1 aromatic rings. The lowest BCUT2D eigenvalue weighted by Crippen LogP contribution is -2.00. The third-order valence-electron chi connectivity index (χ3n) is 1.28. The van der Waals surface area contributed by atoms with Gasteiger partial charge >= 0.3 is 0 Å². The number of aliphatic hydroxyl groups is 1. The van der Waals surface area contributed by atoms with Gasteiger partial charge in [0.05, 0.1) is 31.3 Å². The zero-order valence-electron chi connectivity index (χ0n) is 7.03. The van der Waals surface area contributed by atoms with Crippen LogP contribution in [0.2, 0.25) is 0 Å². The molecule has 1 N–H and O–H groups in total. The monoisotopic (exact) mass is 168 g/mol. The van der Waals surface area contributed by atoms with Crippen LogP contribution >= 0.6 is 0 Å². The summed E-state index contributed by atoms with van der Waals surface area (Å²) in [6.45, 7) is 2.54. The Morgan fingerprint density at radius 1 is 1.50 bits per heavy atom. The Hall–Kier alpha value is -1.16. The second-order valence-electron chi connectivity index (χ2n) is 2.36. The van der Waals surface area contributed by atoms with Gasteiger partial charge in [-0.3, -0.25) is 4.98 Å². The molecule has 1 aromatic heterocycles. The predicted molar refractivity (Wildman–Crippen MR) is 43.7 cm³/mol. The van der Waals surface area contributed by atoms with Crippen LogP contribution < -0.4 is 4.74 Å². The van der Waals surface area contributed by atoms with Crippen LogP contribution in [0.1, 0.15) is 19.0 Å². The molecule has 0 spiro atoms. The van der Waals surface area contributed by atoms with E-state index in [1.807, 2.05) is 6.92 Å². The number of aromatic nitrogens is 2. The van der Waals surface area contributed by atoms with Crippen LogP contribution in [0, 0.1) is 0 Å². The fraction of sp³-hybridized carbons (Fsp3) is 0.500. The van der Waals surface area contributed by atoms with Gasteiger partial charge in [0.2, 0.25) is 5.88 Å². The standard InChI is InChI=1S/C8H12N2O2/c1-2-3-12-8-5-9-4-7(6-11)10-8/h4-5,11H,2-3,6H2,1H3. The van der Waals surface area contributed by atoms with Crippen LogP contribution in [0.5, 0.6) is 5.88 Å². The molecule has 0 atom stereocenters. The van der Waals surface area contributed by atoms with Crippen LogP contribution in [-0.4, -0.2) is 21.7 Å². The van der Waals surface area contributed by atoms with Gasteiger partial charge in [-0.2, -0.15) is 0 Å². The molecular weight excluding hydrogens is 156 g/mol. The van der Waals surface area contributed by atoms with Gasteiger partial charge in [0, 0.05) is 0 Å². The van der Waals surface area contributed by atoms with Crippen LogP contribution in [-0.2, 0) is 6.61 Å². The molecular formula is C8H12N2O2. The SMILES string of the molecule is CCCOc1cncc(CO)n1. The Morgan fingerprint density at radius 3 is 3.00 bits per heavy atom. The van der Waals surface area contributed by atoms with Crippen molar-refractivity contribution >= 4 is 0 Å². The van der Waals surface area contributed by atoms with Gasteiger partial charge < -0.3 is 9.84 Å². The summed E-state index contributed by atoms with van der Waals surface area (Å²) < 4.78 is 5.21. The molecule has 12 heavy (non-hydrogen) atoms. The minimum Gasteiger partial charge on any atom is -0.477 e. The Kier molecular flexibility index (Phi) is 3.47. The normalized spacial score (nSPS) is 9.83. The van der Waals surface area contributed by atoms with Crippen molar-refractivity contribution in [3.05, 3.63) is 18.1 Å². The number of nitrogens with zero attached hydrogens (tertiary/aromatic N) is 2. The maximum atomic E-state index is 8.73. The average molecular weight is 168 g/mol. The third-order valence-corrected chi connectivity index (χ3v) is 1.28. The van der Waals surface area contributed by atoms with Gasteiger partial charge in [-0.15, -0.1) is 0 Å². The molecule has 0 bridgehead atoms. The summed E-state index contributed by atoms with van der Waals surface area (Å²) in [5, 5.41) is 8.73. The first-order chi connectivity index (χ1) is 5.86. The Balaban J connectivity index is 2.60. The number of ether oxygens (including phenoxy) is 1. The Bertz CT molecular complexity index is 240. The van der Waals surface area contributed by atoms with Crippen molar-refractivity contribution in [1.29, 1.82) is 0 Å². The lowest BCUT2D eigenvalue weighted by Gasteiger charge is -2.02. The van der Waals surface area contributed by atoms with E-state index in [0.717, 1.165) is 6.42 Å². The summed E-state index contributed by atoms with van der Waals surface area (Å²) >= 11 is 0. The van der Waals surface area contributed by atoms with Crippen molar-refractivity contribution in [2.75, 3.05) is 6.61 Å². The Labute approximate surface area is 71.2 Å². The van der Waals surface area contributed by atoms with E-state index < -0.39 is 0 Å². The highest BCUT2D eigenvalue weighted by Crippen LogP contribution is 2.04. The fourth-order valence-electron chi connectivity index (χ4n) is 0.739. The summed E-state index contributed by atoms with van der Waals surface area (Å²) in [5.74, 6) is 0.475. The van der Waals surface area contributed by atoms with Gasteiger partial charge in [-0.25, -0.2) is 4.98 Å². The van der Waals surface area contributed by atoms with Crippen LogP contribution in [0.4, 0.5) is 0 Å². The van der Waals surface area contributed by atoms with Crippen LogP contribution in [0.15, 0.2) is 12.4 Å². The van der Waals surface area contributed by atoms with E-state index in [9.17, 15) is 0 Å². The molecule has 4 heteroatoms. The van der Waals surface area contributed by atoms with E-state index in [4.69, 9.17) is 9.84 Å². The molecule has 1 rings (SSSR count). The second-order valence-corrected chi connectivity index (χ2v) is 2.36. The highest BCUT2D eigenvalue weighted by molar-refractivity contribution is 5.07. The van der Waals surface area contributed by atoms with E-state index in [2.05, 4.69) is 9.97 Å². The van der Waals surface area contributed by atoms with Crippen LogP contribution in [0.25, 0.3) is 0 Å². The van der Waals surface area contributed by atoms with E-state index in [-0.39, 0.29) is 6.61 Å². The minimum absolute atomic E-state index is 0.101. The van der Waals surface area contributed by atoms with Crippen molar-refractivity contribution in [3.63, 3.8) is 0 Å². The lowest BCUT2D eigenvalue weighted by molar-refractivity contribution is 0.267. The highest BCUT2D eigenvalue weighted by Gasteiger charge is 1.96. The summed E-state index contributed by atoms with van der Waals surface area (Å²) in [7, 11) is 0. The third kappa shape index (κ3) is 2.47. The number of aliphatic hydroxyl groups excluding tert-OH is 1.